The van der Waals surface area contributed by atoms with Crippen LogP contribution < -0.4 is 5.32 Å². The normalized spacial score (nSPS) is 46.9. The maximum absolute atomic E-state index is 9.19. The molecule has 0 radical (unpaired) electrons. The zero-order chi connectivity index (χ0) is 10.0. The molecular weight excluding hydrogens is 174 g/mol. The van der Waals surface area contributed by atoms with Crippen LogP contribution in [0.3, 0.4) is 0 Å². The summed E-state index contributed by atoms with van der Waals surface area (Å²) in [7, 11) is 0. The molecule has 80 valence electrons. The number of hydrogen-bond donors (Lipinski definition) is 2. The summed E-state index contributed by atoms with van der Waals surface area (Å²) >= 11 is 0. The Balaban J connectivity index is 1.86. The Labute approximate surface area is 86.1 Å². The molecule has 2 atom stereocenters. The summed E-state index contributed by atoms with van der Waals surface area (Å²) in [6.45, 7) is 6.33. The van der Waals surface area contributed by atoms with Gasteiger partial charge in [0.1, 0.15) is 0 Å². The van der Waals surface area contributed by atoms with Crippen LogP contribution >= 0.6 is 0 Å². The molecule has 1 heterocycles. The lowest BCUT2D eigenvalue weighted by molar-refractivity contribution is 0.189. The average Bonchev–Trinajstić information content (AvgIpc) is 2.44. The van der Waals surface area contributed by atoms with Crippen LogP contribution in [-0.4, -0.2) is 24.3 Å². The van der Waals surface area contributed by atoms with E-state index < -0.39 is 0 Å². The van der Waals surface area contributed by atoms with Gasteiger partial charge in [0.15, 0.2) is 0 Å². The average molecular weight is 195 g/mol. The van der Waals surface area contributed by atoms with Crippen molar-refractivity contribution in [1.82, 2.24) is 5.32 Å². The number of fused-ring (bicyclic) bond motifs is 1. The van der Waals surface area contributed by atoms with Gasteiger partial charge in [-0.15, -0.1) is 0 Å². The quantitative estimate of drug-likeness (QED) is 0.665. The van der Waals surface area contributed by atoms with Crippen LogP contribution in [-0.2, 0) is 0 Å². The van der Waals surface area contributed by atoms with E-state index >= 15 is 0 Å². The summed E-state index contributed by atoms with van der Waals surface area (Å²) in [6, 6.07) is 0.370. The van der Waals surface area contributed by atoms with Crippen molar-refractivity contribution in [1.29, 1.82) is 0 Å². The molecule has 0 aromatic carbocycles. The van der Waals surface area contributed by atoms with E-state index in [9.17, 15) is 5.11 Å². The van der Waals surface area contributed by atoms with E-state index in [1.807, 2.05) is 0 Å². The van der Waals surface area contributed by atoms with E-state index in [1.54, 1.807) is 0 Å². The highest BCUT2D eigenvalue weighted by Gasteiger charge is 2.83. The maximum Gasteiger partial charge on any atom is 0.0584 e. The van der Waals surface area contributed by atoms with Crippen molar-refractivity contribution >= 4 is 0 Å². The first-order valence-electron chi connectivity index (χ1n) is 5.94. The summed E-state index contributed by atoms with van der Waals surface area (Å²) in [4.78, 5) is 0. The summed E-state index contributed by atoms with van der Waals surface area (Å²) in [6.07, 6.45) is 5.49. The van der Waals surface area contributed by atoms with Gasteiger partial charge in [-0.05, 0) is 35.5 Å². The molecule has 2 heteroatoms. The molecule has 2 nitrogen and oxygen atoms in total. The summed E-state index contributed by atoms with van der Waals surface area (Å²) in [5.41, 5.74) is 1.71. The van der Waals surface area contributed by atoms with Crippen molar-refractivity contribution in [2.24, 2.45) is 16.2 Å². The zero-order valence-electron chi connectivity index (χ0n) is 9.27. The number of nitrogens with one attached hydrogen (secondary N) is 1. The van der Waals surface area contributed by atoms with Gasteiger partial charge in [-0.3, -0.25) is 0 Å². The van der Waals surface area contributed by atoms with Crippen molar-refractivity contribution in [2.45, 2.75) is 45.6 Å². The van der Waals surface area contributed by atoms with Gasteiger partial charge in [-0.2, -0.15) is 0 Å². The molecule has 0 aromatic rings. The highest BCUT2D eigenvalue weighted by Crippen LogP contribution is 2.87. The number of hydrogen-bond acceptors (Lipinski definition) is 2. The lowest BCUT2D eigenvalue weighted by Crippen LogP contribution is -2.25. The molecule has 3 rings (SSSR count). The van der Waals surface area contributed by atoms with Crippen LogP contribution in [0.25, 0.3) is 0 Å². The highest BCUT2D eigenvalue weighted by atomic mass is 16.3. The van der Waals surface area contributed by atoms with E-state index in [-0.39, 0.29) is 0 Å². The number of aliphatic hydroxyl groups is 1. The highest BCUT2D eigenvalue weighted by molar-refractivity contribution is 5.32. The number of rotatable bonds is 1. The fourth-order valence-electron chi connectivity index (χ4n) is 4.75. The van der Waals surface area contributed by atoms with Gasteiger partial charge < -0.3 is 10.4 Å². The molecule has 3 aliphatic rings. The Morgan fingerprint density at radius 3 is 2.36 bits per heavy atom. The van der Waals surface area contributed by atoms with Gasteiger partial charge in [-0.1, -0.05) is 20.3 Å². The second kappa shape index (κ2) is 2.35. The second-order valence-electron chi connectivity index (χ2n) is 6.11. The largest absolute Gasteiger partial charge is 0.395 e. The van der Waals surface area contributed by atoms with Gasteiger partial charge in [0.05, 0.1) is 6.61 Å². The molecule has 1 unspecified atom stereocenters. The van der Waals surface area contributed by atoms with Crippen molar-refractivity contribution in [3.8, 4) is 0 Å². The summed E-state index contributed by atoms with van der Waals surface area (Å²) in [5.74, 6) is 0. The summed E-state index contributed by atoms with van der Waals surface area (Å²) in [5, 5.41) is 12.7. The third-order valence-corrected chi connectivity index (χ3v) is 5.96. The molecule has 0 amide bonds. The molecule has 0 aromatic heterocycles. The van der Waals surface area contributed by atoms with E-state index in [2.05, 4.69) is 19.2 Å². The third-order valence-electron chi connectivity index (χ3n) is 5.96. The van der Waals surface area contributed by atoms with Crippen LogP contribution in [0.4, 0.5) is 0 Å². The first kappa shape index (κ1) is 9.17. The molecule has 2 saturated carbocycles. The fourth-order valence-corrected chi connectivity index (χ4v) is 4.75. The molecule has 3 fully saturated rings. The zero-order valence-corrected chi connectivity index (χ0v) is 9.27. The Morgan fingerprint density at radius 1 is 1.29 bits per heavy atom. The predicted octanol–water partition coefficient (Wildman–Crippen LogP) is 1.54. The lowest BCUT2D eigenvalue weighted by atomic mass is 9.73. The number of aliphatic hydroxyl groups excluding tert-OH is 1. The first-order valence-corrected chi connectivity index (χ1v) is 5.94. The van der Waals surface area contributed by atoms with Crippen LogP contribution in [0.2, 0.25) is 0 Å². The monoisotopic (exact) mass is 195 g/mol. The van der Waals surface area contributed by atoms with Crippen LogP contribution in [0.15, 0.2) is 0 Å². The van der Waals surface area contributed by atoms with E-state index in [0.29, 0.717) is 28.9 Å². The summed E-state index contributed by atoms with van der Waals surface area (Å²) < 4.78 is 0. The van der Waals surface area contributed by atoms with Gasteiger partial charge in [0.2, 0.25) is 0 Å². The van der Waals surface area contributed by atoms with Crippen molar-refractivity contribution < 1.29 is 5.11 Å². The molecule has 0 bridgehead atoms. The second-order valence-corrected chi connectivity index (χ2v) is 6.11. The van der Waals surface area contributed by atoms with Crippen molar-refractivity contribution in [2.75, 3.05) is 13.2 Å². The third kappa shape index (κ3) is 0.674. The van der Waals surface area contributed by atoms with E-state index in [0.717, 1.165) is 6.54 Å². The molecule has 2 spiro atoms. The maximum atomic E-state index is 9.19. The molecule has 14 heavy (non-hydrogen) atoms. The van der Waals surface area contributed by atoms with Crippen molar-refractivity contribution in [3.05, 3.63) is 0 Å². The Kier molecular flexibility index (Phi) is 1.54. The first-order chi connectivity index (χ1) is 6.60. The standard InChI is InChI=1S/C12H21NO/c1-10(2)11(4-3-5-11)12(10)6-9(7-14)13-8-12/h9,13-14H,3-8H2,1-2H3/t9?,12-/m1/s1. The minimum absolute atomic E-state index is 0.313. The Hall–Kier alpha value is -0.0800. The molecular formula is C12H21NO. The smallest absolute Gasteiger partial charge is 0.0584 e. The minimum Gasteiger partial charge on any atom is -0.395 e. The Bertz CT molecular complexity index is 269. The lowest BCUT2D eigenvalue weighted by Gasteiger charge is -2.31. The topological polar surface area (TPSA) is 32.3 Å². The Morgan fingerprint density at radius 2 is 2.00 bits per heavy atom. The minimum atomic E-state index is 0.313. The van der Waals surface area contributed by atoms with Gasteiger partial charge in [0, 0.05) is 12.6 Å². The SMILES string of the molecule is CC1(C)C2(CCC2)[C@]12CNC(CO)C2. The van der Waals surface area contributed by atoms with Crippen LogP contribution in [0, 0.1) is 16.2 Å². The molecule has 2 aliphatic carbocycles. The van der Waals surface area contributed by atoms with Gasteiger partial charge >= 0.3 is 0 Å². The van der Waals surface area contributed by atoms with Gasteiger partial charge in [0.25, 0.3) is 0 Å². The fraction of sp³-hybridized carbons (Fsp3) is 1.00. The van der Waals surface area contributed by atoms with E-state index in [4.69, 9.17) is 0 Å². The molecule has 2 N–H and O–H groups in total. The van der Waals surface area contributed by atoms with E-state index in [1.165, 1.54) is 25.7 Å². The molecule has 1 aliphatic heterocycles. The van der Waals surface area contributed by atoms with Crippen LogP contribution in [0.5, 0.6) is 0 Å². The molecule has 1 saturated heterocycles. The van der Waals surface area contributed by atoms with Gasteiger partial charge in [-0.25, -0.2) is 0 Å². The predicted molar refractivity (Wildman–Crippen MR) is 56.0 cm³/mol. The van der Waals surface area contributed by atoms with Crippen molar-refractivity contribution in [3.63, 3.8) is 0 Å². The van der Waals surface area contributed by atoms with Crippen LogP contribution in [0.1, 0.15) is 39.5 Å².